The summed E-state index contributed by atoms with van der Waals surface area (Å²) in [5, 5.41) is 0. The van der Waals surface area contributed by atoms with E-state index in [9.17, 15) is 9.18 Å². The van der Waals surface area contributed by atoms with Crippen LogP contribution in [0.5, 0.6) is 0 Å². The highest BCUT2D eigenvalue weighted by atomic mass is 19.1. The van der Waals surface area contributed by atoms with Gasteiger partial charge in [0, 0.05) is 36.9 Å². The van der Waals surface area contributed by atoms with E-state index in [1.165, 1.54) is 18.4 Å². The van der Waals surface area contributed by atoms with Crippen LogP contribution >= 0.6 is 0 Å². The Hall–Kier alpha value is -2.86. The molecule has 0 aliphatic carbocycles. The van der Waals surface area contributed by atoms with Gasteiger partial charge in [-0.25, -0.2) is 4.39 Å². The summed E-state index contributed by atoms with van der Waals surface area (Å²) in [4.78, 5) is 17.1. The highest BCUT2D eigenvalue weighted by molar-refractivity contribution is 6.04. The van der Waals surface area contributed by atoms with Gasteiger partial charge in [0.2, 0.25) is 0 Å². The van der Waals surface area contributed by atoms with Gasteiger partial charge in [-0.15, -0.1) is 0 Å². The Bertz CT molecular complexity index is 851. The van der Waals surface area contributed by atoms with Crippen molar-refractivity contribution < 1.29 is 18.0 Å². The van der Waals surface area contributed by atoms with Crippen LogP contribution in [-0.4, -0.2) is 29.9 Å². The third kappa shape index (κ3) is 3.95. The third-order valence-corrected chi connectivity index (χ3v) is 4.96. The number of piperidine rings is 1. The van der Waals surface area contributed by atoms with Crippen molar-refractivity contribution in [1.29, 1.82) is 0 Å². The fourth-order valence-electron chi connectivity index (χ4n) is 3.59. The van der Waals surface area contributed by atoms with Crippen LogP contribution in [-0.2, 0) is 6.54 Å². The number of benzene rings is 1. The van der Waals surface area contributed by atoms with Gasteiger partial charge in [0.25, 0.3) is 5.91 Å². The number of amides is 1. The lowest BCUT2D eigenvalue weighted by Crippen LogP contribution is -2.47. The van der Waals surface area contributed by atoms with E-state index in [1.807, 2.05) is 6.07 Å². The molecular weight excluding hydrogens is 347 g/mol. The van der Waals surface area contributed by atoms with E-state index in [0.717, 1.165) is 38.0 Å². The minimum absolute atomic E-state index is 0.0358. The summed E-state index contributed by atoms with van der Waals surface area (Å²) in [6.07, 6.45) is 6.60. The molecule has 0 saturated carbocycles. The van der Waals surface area contributed by atoms with Crippen molar-refractivity contribution in [2.75, 3.05) is 18.0 Å². The minimum atomic E-state index is -0.320. The molecule has 0 radical (unpaired) electrons. The fourth-order valence-corrected chi connectivity index (χ4v) is 3.59. The summed E-state index contributed by atoms with van der Waals surface area (Å²) >= 11 is 0. The molecule has 2 aromatic heterocycles. The summed E-state index contributed by atoms with van der Waals surface area (Å²) in [6.45, 7) is 2.59. The highest BCUT2D eigenvalue weighted by Crippen LogP contribution is 2.27. The van der Waals surface area contributed by atoms with Gasteiger partial charge in [0.15, 0.2) is 5.76 Å². The van der Waals surface area contributed by atoms with Crippen molar-refractivity contribution in [3.63, 3.8) is 0 Å². The lowest BCUT2D eigenvalue weighted by molar-refractivity contribution is 0.0931. The fraction of sp³-hybridized carbons (Fsp3) is 0.286. The van der Waals surface area contributed by atoms with Crippen molar-refractivity contribution in [2.45, 2.75) is 25.4 Å². The molecule has 0 unspecified atom stereocenters. The zero-order valence-electron chi connectivity index (χ0n) is 14.9. The van der Waals surface area contributed by atoms with Gasteiger partial charge < -0.3 is 13.7 Å². The zero-order chi connectivity index (χ0) is 18.6. The van der Waals surface area contributed by atoms with Crippen LogP contribution in [0, 0.1) is 5.82 Å². The second-order valence-electron chi connectivity index (χ2n) is 6.77. The summed E-state index contributed by atoms with van der Waals surface area (Å²) in [7, 11) is 0. The van der Waals surface area contributed by atoms with Crippen molar-refractivity contribution >= 4 is 11.6 Å². The first-order valence-electron chi connectivity index (χ1n) is 9.07. The number of carbonyl (C=O) groups is 1. The molecule has 140 valence electrons. The quantitative estimate of drug-likeness (QED) is 0.673. The van der Waals surface area contributed by atoms with Crippen LogP contribution in [0.3, 0.4) is 0 Å². The Kier molecular flexibility index (Phi) is 5.07. The molecule has 1 aliphatic heterocycles. The first-order valence-corrected chi connectivity index (χ1v) is 9.07. The number of furan rings is 2. The van der Waals surface area contributed by atoms with Gasteiger partial charge >= 0.3 is 0 Å². The largest absolute Gasteiger partial charge is 0.472 e. The van der Waals surface area contributed by atoms with Crippen molar-refractivity contribution in [3.05, 3.63) is 78.4 Å². The highest BCUT2D eigenvalue weighted by Gasteiger charge is 2.31. The monoisotopic (exact) mass is 368 g/mol. The van der Waals surface area contributed by atoms with E-state index in [1.54, 1.807) is 41.7 Å². The number of halogens is 1. The summed E-state index contributed by atoms with van der Waals surface area (Å²) < 4.78 is 23.8. The van der Waals surface area contributed by atoms with E-state index >= 15 is 0 Å². The number of nitrogens with zero attached hydrogens (tertiary/aromatic N) is 2. The van der Waals surface area contributed by atoms with Crippen LogP contribution in [0.1, 0.15) is 29.0 Å². The molecule has 1 aliphatic rings. The van der Waals surface area contributed by atoms with Crippen molar-refractivity contribution in [2.24, 2.45) is 0 Å². The molecule has 1 aromatic carbocycles. The maximum absolute atomic E-state index is 13.4. The predicted molar refractivity (Wildman–Crippen MR) is 98.9 cm³/mol. The van der Waals surface area contributed by atoms with E-state index < -0.39 is 0 Å². The van der Waals surface area contributed by atoms with Crippen LogP contribution in [0.25, 0.3) is 0 Å². The normalized spacial score (nSPS) is 15.7. The molecule has 1 amide bonds. The lowest BCUT2D eigenvalue weighted by Gasteiger charge is -2.38. The molecule has 0 bridgehead atoms. The summed E-state index contributed by atoms with van der Waals surface area (Å²) in [5.41, 5.74) is 1.83. The lowest BCUT2D eigenvalue weighted by atomic mass is 10.0. The minimum Gasteiger partial charge on any atom is -0.472 e. The number of carbonyl (C=O) groups excluding carboxylic acids is 1. The maximum atomic E-state index is 13.4. The number of likely N-dealkylation sites (tertiary alicyclic amines) is 1. The smallest absolute Gasteiger partial charge is 0.294 e. The first kappa shape index (κ1) is 17.5. The van der Waals surface area contributed by atoms with Gasteiger partial charge in [-0.3, -0.25) is 9.69 Å². The van der Waals surface area contributed by atoms with Gasteiger partial charge in [-0.05, 0) is 55.3 Å². The van der Waals surface area contributed by atoms with Crippen LogP contribution < -0.4 is 4.90 Å². The molecule has 1 fully saturated rings. The molecule has 1 saturated heterocycles. The van der Waals surface area contributed by atoms with Gasteiger partial charge in [0.05, 0.1) is 18.8 Å². The average Bonchev–Trinajstić information content (AvgIpc) is 3.39. The maximum Gasteiger partial charge on any atom is 0.294 e. The Morgan fingerprint density at radius 3 is 2.52 bits per heavy atom. The SMILES string of the molecule is O=C(c1ccco1)N(c1ccc(F)cc1)C1CCN(Cc2ccoc2)CC1. The Balaban J connectivity index is 1.51. The number of hydrogen-bond donors (Lipinski definition) is 0. The molecule has 4 rings (SSSR count). The Morgan fingerprint density at radius 1 is 1.11 bits per heavy atom. The van der Waals surface area contributed by atoms with E-state index in [-0.39, 0.29) is 17.8 Å². The summed E-state index contributed by atoms with van der Waals surface area (Å²) in [6, 6.07) is 11.4. The molecule has 0 spiro atoms. The molecule has 3 heterocycles. The second-order valence-corrected chi connectivity index (χ2v) is 6.77. The second kappa shape index (κ2) is 7.80. The molecular formula is C21H21FN2O3. The average molecular weight is 368 g/mol. The molecule has 27 heavy (non-hydrogen) atoms. The van der Waals surface area contributed by atoms with Crippen molar-refractivity contribution in [1.82, 2.24) is 4.90 Å². The number of anilines is 1. The Morgan fingerprint density at radius 2 is 1.89 bits per heavy atom. The molecule has 0 N–H and O–H groups in total. The number of rotatable bonds is 5. The van der Waals surface area contributed by atoms with E-state index in [2.05, 4.69) is 4.90 Å². The first-order chi connectivity index (χ1) is 13.2. The Labute approximate surface area is 157 Å². The number of hydrogen-bond acceptors (Lipinski definition) is 4. The van der Waals surface area contributed by atoms with Crippen LogP contribution in [0.2, 0.25) is 0 Å². The predicted octanol–water partition coefficient (Wildman–Crippen LogP) is 4.32. The van der Waals surface area contributed by atoms with E-state index in [0.29, 0.717) is 11.4 Å². The van der Waals surface area contributed by atoms with E-state index in [4.69, 9.17) is 8.83 Å². The molecule has 3 aromatic rings. The standard InChI is InChI=1S/C21H21FN2O3/c22-17-3-5-18(6-4-17)24(21(25)20-2-1-12-27-20)19-7-10-23(11-8-19)14-16-9-13-26-15-16/h1-6,9,12-13,15,19H,7-8,10-11,14H2. The third-order valence-electron chi connectivity index (χ3n) is 4.96. The summed E-state index contributed by atoms with van der Waals surface area (Å²) in [5.74, 6) is -0.223. The van der Waals surface area contributed by atoms with Crippen molar-refractivity contribution in [3.8, 4) is 0 Å². The zero-order valence-corrected chi connectivity index (χ0v) is 14.9. The van der Waals surface area contributed by atoms with Gasteiger partial charge in [-0.2, -0.15) is 0 Å². The molecule has 6 heteroatoms. The molecule has 5 nitrogen and oxygen atoms in total. The topological polar surface area (TPSA) is 49.8 Å². The van der Waals surface area contributed by atoms with Crippen LogP contribution in [0.15, 0.2) is 70.1 Å². The van der Waals surface area contributed by atoms with Crippen LogP contribution in [0.4, 0.5) is 10.1 Å². The van der Waals surface area contributed by atoms with Gasteiger partial charge in [-0.1, -0.05) is 0 Å². The van der Waals surface area contributed by atoms with Gasteiger partial charge in [0.1, 0.15) is 5.82 Å². The molecule has 0 atom stereocenters.